The van der Waals surface area contributed by atoms with E-state index >= 15 is 0 Å². The minimum Gasteiger partial charge on any atom is -0.481 e. The van der Waals surface area contributed by atoms with Gasteiger partial charge in [-0.25, -0.2) is 4.79 Å². The average molecular weight is 284 g/mol. The number of unbranched alkanes of at least 4 members (excludes halogenated alkanes) is 1. The fourth-order valence-corrected chi connectivity index (χ4v) is 2.50. The molecule has 6 heteroatoms. The van der Waals surface area contributed by atoms with Gasteiger partial charge in [0.15, 0.2) is 0 Å². The van der Waals surface area contributed by atoms with E-state index in [0.29, 0.717) is 25.3 Å². The second kappa shape index (κ2) is 8.55. The predicted octanol–water partition coefficient (Wildman–Crippen LogP) is 1.99. The van der Waals surface area contributed by atoms with Gasteiger partial charge in [-0.3, -0.25) is 14.9 Å². The van der Waals surface area contributed by atoms with E-state index in [2.05, 4.69) is 5.32 Å². The molecule has 0 heterocycles. The number of imide groups is 1. The van der Waals surface area contributed by atoms with E-state index in [1.54, 1.807) is 11.9 Å². The Morgan fingerprint density at radius 3 is 2.35 bits per heavy atom. The third-order valence-electron chi connectivity index (χ3n) is 3.64. The number of urea groups is 1. The predicted molar refractivity (Wildman–Crippen MR) is 74.2 cm³/mol. The summed E-state index contributed by atoms with van der Waals surface area (Å²) in [7, 11) is 1.70. The third-order valence-corrected chi connectivity index (χ3v) is 3.64. The first-order valence-electron chi connectivity index (χ1n) is 7.25. The number of rotatable bonds is 7. The molecule has 1 aliphatic rings. The molecule has 0 radical (unpaired) electrons. The summed E-state index contributed by atoms with van der Waals surface area (Å²) >= 11 is 0. The molecule has 0 aromatic carbocycles. The van der Waals surface area contributed by atoms with Crippen LogP contribution in [0, 0.1) is 5.92 Å². The quantitative estimate of drug-likeness (QED) is 0.700. The van der Waals surface area contributed by atoms with Gasteiger partial charge in [-0.15, -0.1) is 0 Å². The van der Waals surface area contributed by atoms with Crippen LogP contribution in [0.3, 0.4) is 0 Å². The number of amides is 3. The Kier molecular flexibility index (Phi) is 7.04. The van der Waals surface area contributed by atoms with E-state index in [-0.39, 0.29) is 24.8 Å². The molecule has 0 aromatic rings. The van der Waals surface area contributed by atoms with Gasteiger partial charge in [-0.1, -0.05) is 12.8 Å². The molecule has 2 N–H and O–H groups in total. The third kappa shape index (κ3) is 6.54. The summed E-state index contributed by atoms with van der Waals surface area (Å²) < 4.78 is 0. The van der Waals surface area contributed by atoms with Gasteiger partial charge in [-0.05, 0) is 31.6 Å². The molecule has 0 bridgehead atoms. The highest BCUT2D eigenvalue weighted by Crippen LogP contribution is 2.25. The zero-order chi connectivity index (χ0) is 15.0. The van der Waals surface area contributed by atoms with Crippen molar-refractivity contribution in [2.24, 2.45) is 5.92 Å². The maximum Gasteiger partial charge on any atom is 0.323 e. The number of hydrogen-bond acceptors (Lipinski definition) is 3. The highest BCUT2D eigenvalue weighted by molar-refractivity contribution is 5.94. The molecular formula is C14H24N2O4. The second-order valence-electron chi connectivity index (χ2n) is 5.49. The molecule has 0 saturated heterocycles. The zero-order valence-electron chi connectivity index (χ0n) is 12.1. The number of carboxylic acids is 1. The molecule has 1 rings (SSSR count). The van der Waals surface area contributed by atoms with Crippen LogP contribution >= 0.6 is 0 Å². The molecule has 1 aliphatic carbocycles. The molecule has 6 nitrogen and oxygen atoms in total. The van der Waals surface area contributed by atoms with Crippen molar-refractivity contribution in [3.63, 3.8) is 0 Å². The first-order valence-corrected chi connectivity index (χ1v) is 7.25. The molecule has 0 unspecified atom stereocenters. The topological polar surface area (TPSA) is 86.7 Å². The van der Waals surface area contributed by atoms with Crippen LogP contribution in [0.1, 0.15) is 51.4 Å². The lowest BCUT2D eigenvalue weighted by molar-refractivity contribution is -0.137. The Morgan fingerprint density at radius 1 is 1.15 bits per heavy atom. The van der Waals surface area contributed by atoms with Crippen molar-refractivity contribution < 1.29 is 19.5 Å². The van der Waals surface area contributed by atoms with Crippen molar-refractivity contribution in [3.8, 4) is 0 Å². The van der Waals surface area contributed by atoms with E-state index in [4.69, 9.17) is 5.11 Å². The van der Waals surface area contributed by atoms with Crippen LogP contribution in [0.2, 0.25) is 0 Å². The van der Waals surface area contributed by atoms with Gasteiger partial charge in [0.1, 0.15) is 0 Å². The van der Waals surface area contributed by atoms with Gasteiger partial charge in [0.05, 0.1) is 0 Å². The first kappa shape index (κ1) is 16.5. The fraction of sp³-hybridized carbons (Fsp3) is 0.786. The number of nitrogens with zero attached hydrogens (tertiary/aromatic N) is 1. The summed E-state index contributed by atoms with van der Waals surface area (Å²) in [5, 5.41) is 10.8. The average Bonchev–Trinajstić information content (AvgIpc) is 2.87. The van der Waals surface area contributed by atoms with Crippen molar-refractivity contribution in [2.75, 3.05) is 13.6 Å². The van der Waals surface area contributed by atoms with Gasteiger partial charge in [-0.2, -0.15) is 0 Å². The smallest absolute Gasteiger partial charge is 0.323 e. The van der Waals surface area contributed by atoms with Crippen LogP contribution < -0.4 is 5.32 Å². The van der Waals surface area contributed by atoms with Crippen LogP contribution in [0.25, 0.3) is 0 Å². The van der Waals surface area contributed by atoms with E-state index in [9.17, 15) is 14.4 Å². The Bertz CT molecular complexity index is 351. The summed E-state index contributed by atoms with van der Waals surface area (Å²) in [6, 6.07) is -0.361. The molecule has 3 amide bonds. The number of carboxylic acid groups (broad SMARTS) is 1. The summed E-state index contributed by atoms with van der Waals surface area (Å²) in [6.45, 7) is 0.693. The maximum absolute atomic E-state index is 11.8. The number of carbonyl (C=O) groups is 3. The van der Waals surface area contributed by atoms with Crippen molar-refractivity contribution >= 4 is 17.9 Å². The molecule has 114 valence electrons. The molecule has 0 aromatic heterocycles. The van der Waals surface area contributed by atoms with Crippen molar-refractivity contribution in [1.82, 2.24) is 10.2 Å². The Hall–Kier alpha value is -1.59. The lowest BCUT2D eigenvalue weighted by Gasteiger charge is -2.21. The number of nitrogens with one attached hydrogen (secondary N) is 1. The molecule has 1 saturated carbocycles. The number of carbonyl (C=O) groups excluding carboxylic acids is 2. The molecule has 0 aliphatic heterocycles. The van der Waals surface area contributed by atoms with Crippen molar-refractivity contribution in [1.29, 1.82) is 0 Å². The summed E-state index contributed by atoms with van der Waals surface area (Å²) in [5.74, 6) is -0.645. The van der Waals surface area contributed by atoms with Gasteiger partial charge < -0.3 is 10.0 Å². The Morgan fingerprint density at radius 2 is 1.75 bits per heavy atom. The monoisotopic (exact) mass is 284 g/mol. The van der Waals surface area contributed by atoms with E-state index < -0.39 is 5.97 Å². The minimum absolute atomic E-state index is 0.0583. The highest BCUT2D eigenvalue weighted by atomic mass is 16.4. The number of aliphatic carboxylic acids is 1. The van der Waals surface area contributed by atoms with Gasteiger partial charge in [0.25, 0.3) is 0 Å². The van der Waals surface area contributed by atoms with Crippen molar-refractivity contribution in [3.05, 3.63) is 0 Å². The zero-order valence-corrected chi connectivity index (χ0v) is 12.1. The lowest BCUT2D eigenvalue weighted by atomic mass is 10.1. The molecule has 0 atom stereocenters. The first-order chi connectivity index (χ1) is 9.49. The van der Waals surface area contributed by atoms with Crippen LogP contribution in [0.4, 0.5) is 4.79 Å². The van der Waals surface area contributed by atoms with Crippen LogP contribution in [0.5, 0.6) is 0 Å². The van der Waals surface area contributed by atoms with Gasteiger partial charge >= 0.3 is 12.0 Å². The summed E-state index contributed by atoms with van der Waals surface area (Å²) in [5.41, 5.74) is 0. The normalized spacial score (nSPS) is 15.1. The van der Waals surface area contributed by atoms with Crippen LogP contribution in [-0.4, -0.2) is 41.5 Å². The second-order valence-corrected chi connectivity index (χ2v) is 5.49. The van der Waals surface area contributed by atoms with Gasteiger partial charge in [0, 0.05) is 26.4 Å². The van der Waals surface area contributed by atoms with Crippen molar-refractivity contribution in [2.45, 2.75) is 51.4 Å². The standard InChI is InChI=1S/C14H24N2O4/c1-16(10-11-6-2-3-7-11)14(20)15-12(17)8-4-5-9-13(18)19/h11H,2-10H2,1H3,(H,18,19)(H,15,17,20). The Labute approximate surface area is 119 Å². The maximum atomic E-state index is 11.8. The largest absolute Gasteiger partial charge is 0.481 e. The minimum atomic E-state index is -0.863. The Balaban J connectivity index is 2.16. The van der Waals surface area contributed by atoms with E-state index in [1.165, 1.54) is 12.8 Å². The molecule has 0 spiro atoms. The molecule has 20 heavy (non-hydrogen) atoms. The lowest BCUT2D eigenvalue weighted by Crippen LogP contribution is -2.42. The fourth-order valence-electron chi connectivity index (χ4n) is 2.50. The van der Waals surface area contributed by atoms with Crippen LogP contribution in [0.15, 0.2) is 0 Å². The van der Waals surface area contributed by atoms with E-state index in [1.807, 2.05) is 0 Å². The summed E-state index contributed by atoms with van der Waals surface area (Å²) in [6.07, 6.45) is 5.94. The number of hydrogen-bond donors (Lipinski definition) is 2. The van der Waals surface area contributed by atoms with E-state index in [0.717, 1.165) is 12.8 Å². The molecular weight excluding hydrogens is 260 g/mol. The highest BCUT2D eigenvalue weighted by Gasteiger charge is 2.20. The van der Waals surface area contributed by atoms with Gasteiger partial charge in [0.2, 0.25) is 5.91 Å². The molecule has 1 fully saturated rings. The summed E-state index contributed by atoms with van der Waals surface area (Å²) in [4.78, 5) is 35.2. The van der Waals surface area contributed by atoms with Crippen LogP contribution in [-0.2, 0) is 9.59 Å². The SMILES string of the molecule is CN(CC1CCCC1)C(=O)NC(=O)CCCCC(=O)O.